The van der Waals surface area contributed by atoms with E-state index in [4.69, 9.17) is 0 Å². The zero-order valence-corrected chi connectivity index (χ0v) is 15.9. The van der Waals surface area contributed by atoms with Crippen LogP contribution < -0.4 is 5.32 Å². The molecule has 2 aliphatic rings. The summed E-state index contributed by atoms with van der Waals surface area (Å²) in [7, 11) is 0. The first-order valence-corrected chi connectivity index (χ1v) is 10.0. The van der Waals surface area contributed by atoms with Gasteiger partial charge in [-0.15, -0.1) is 0 Å². The third-order valence-electron chi connectivity index (χ3n) is 5.82. The second-order valence-electron chi connectivity index (χ2n) is 7.55. The molecule has 1 unspecified atom stereocenters. The minimum atomic E-state index is 0.0941. The maximum atomic E-state index is 12.3. The van der Waals surface area contributed by atoms with E-state index in [0.717, 1.165) is 39.3 Å². The van der Waals surface area contributed by atoms with Gasteiger partial charge in [-0.2, -0.15) is 0 Å². The van der Waals surface area contributed by atoms with E-state index < -0.39 is 0 Å². The van der Waals surface area contributed by atoms with Gasteiger partial charge in [-0.1, -0.05) is 25.1 Å². The Bertz CT molecular complexity index is 579. The standard InChI is InChI=1S/C21H33N3O/c1-3-23-12-14-24(15-13-23)11-10-21(25)22-17(2)19-9-8-18-6-4-5-7-20(18)16-19/h8-9,16-17H,3-7,10-15H2,1-2H3,(H,22,25). The fourth-order valence-corrected chi connectivity index (χ4v) is 4.01. The SMILES string of the molecule is CCN1CCN(CCC(=O)NC(C)c2ccc3c(c2)CCCC3)CC1. The molecule has 25 heavy (non-hydrogen) atoms. The number of amides is 1. The molecule has 1 aromatic rings. The van der Waals surface area contributed by atoms with Crippen molar-refractivity contribution >= 4 is 5.91 Å². The van der Waals surface area contributed by atoms with E-state index in [9.17, 15) is 4.79 Å². The van der Waals surface area contributed by atoms with Gasteiger partial charge in [-0.25, -0.2) is 0 Å². The van der Waals surface area contributed by atoms with Crippen LogP contribution in [0.3, 0.4) is 0 Å². The average Bonchev–Trinajstić information content (AvgIpc) is 2.66. The van der Waals surface area contributed by atoms with Crippen molar-refractivity contribution in [3.8, 4) is 0 Å². The van der Waals surface area contributed by atoms with Crippen LogP contribution in [-0.4, -0.2) is 55.0 Å². The van der Waals surface area contributed by atoms with Crippen molar-refractivity contribution in [1.82, 2.24) is 15.1 Å². The molecular formula is C21H33N3O. The van der Waals surface area contributed by atoms with E-state index >= 15 is 0 Å². The molecule has 0 aromatic heterocycles. The predicted molar refractivity (Wildman–Crippen MR) is 103 cm³/mol. The van der Waals surface area contributed by atoms with Gasteiger partial charge in [-0.3, -0.25) is 4.79 Å². The predicted octanol–water partition coefficient (Wildman–Crippen LogP) is 2.77. The minimum Gasteiger partial charge on any atom is -0.350 e. The quantitative estimate of drug-likeness (QED) is 0.863. The number of nitrogens with zero attached hydrogens (tertiary/aromatic N) is 2. The highest BCUT2D eigenvalue weighted by molar-refractivity contribution is 5.76. The molecule has 1 amide bonds. The molecule has 4 heteroatoms. The van der Waals surface area contributed by atoms with Crippen LogP contribution in [0.15, 0.2) is 18.2 Å². The summed E-state index contributed by atoms with van der Waals surface area (Å²) in [6.07, 6.45) is 5.60. The second kappa shape index (κ2) is 8.81. The highest BCUT2D eigenvalue weighted by atomic mass is 16.1. The largest absolute Gasteiger partial charge is 0.350 e. The molecule has 1 N–H and O–H groups in total. The van der Waals surface area contributed by atoms with Gasteiger partial charge in [0, 0.05) is 39.1 Å². The lowest BCUT2D eigenvalue weighted by atomic mass is 9.89. The van der Waals surface area contributed by atoms with Gasteiger partial charge in [0.2, 0.25) is 5.91 Å². The Morgan fingerprint density at radius 2 is 1.76 bits per heavy atom. The summed E-state index contributed by atoms with van der Waals surface area (Å²) in [5, 5.41) is 3.19. The van der Waals surface area contributed by atoms with Gasteiger partial charge in [0.15, 0.2) is 0 Å². The first kappa shape index (κ1) is 18.4. The molecule has 1 heterocycles. The van der Waals surface area contributed by atoms with E-state index in [1.165, 1.54) is 42.4 Å². The van der Waals surface area contributed by atoms with Crippen LogP contribution in [0.1, 0.15) is 55.8 Å². The third-order valence-corrected chi connectivity index (χ3v) is 5.82. The van der Waals surface area contributed by atoms with E-state index in [2.05, 4.69) is 47.2 Å². The number of aryl methyl sites for hydroxylation is 2. The fraction of sp³-hybridized carbons (Fsp3) is 0.667. The van der Waals surface area contributed by atoms with Gasteiger partial charge >= 0.3 is 0 Å². The molecule has 3 rings (SSSR count). The van der Waals surface area contributed by atoms with Crippen molar-refractivity contribution < 1.29 is 4.79 Å². The van der Waals surface area contributed by atoms with Crippen molar-refractivity contribution in [1.29, 1.82) is 0 Å². The van der Waals surface area contributed by atoms with Crippen molar-refractivity contribution in [3.05, 3.63) is 34.9 Å². The van der Waals surface area contributed by atoms with E-state index in [1.54, 1.807) is 0 Å². The number of carbonyl (C=O) groups excluding carboxylic acids is 1. The van der Waals surface area contributed by atoms with E-state index in [-0.39, 0.29) is 11.9 Å². The van der Waals surface area contributed by atoms with Crippen LogP contribution in [0, 0.1) is 0 Å². The van der Waals surface area contributed by atoms with Gasteiger partial charge in [-0.05, 0) is 55.8 Å². The molecule has 1 aromatic carbocycles. The second-order valence-corrected chi connectivity index (χ2v) is 7.55. The highest BCUT2D eigenvalue weighted by Gasteiger charge is 2.17. The lowest BCUT2D eigenvalue weighted by molar-refractivity contribution is -0.122. The molecule has 1 aliphatic carbocycles. The molecule has 0 radical (unpaired) electrons. The van der Waals surface area contributed by atoms with Crippen LogP contribution in [0.4, 0.5) is 0 Å². The van der Waals surface area contributed by atoms with Crippen molar-refractivity contribution in [3.63, 3.8) is 0 Å². The van der Waals surface area contributed by atoms with Crippen molar-refractivity contribution in [2.24, 2.45) is 0 Å². The molecule has 1 saturated heterocycles. The number of rotatable bonds is 6. The lowest BCUT2D eigenvalue weighted by Crippen LogP contribution is -2.47. The highest BCUT2D eigenvalue weighted by Crippen LogP contribution is 2.24. The van der Waals surface area contributed by atoms with Crippen molar-refractivity contribution in [2.45, 2.75) is 52.0 Å². The summed E-state index contributed by atoms with van der Waals surface area (Å²) in [6, 6.07) is 6.86. The molecule has 1 fully saturated rings. The summed E-state index contributed by atoms with van der Waals surface area (Å²) >= 11 is 0. The summed E-state index contributed by atoms with van der Waals surface area (Å²) in [6.45, 7) is 10.7. The smallest absolute Gasteiger partial charge is 0.221 e. The average molecular weight is 344 g/mol. The van der Waals surface area contributed by atoms with E-state index in [1.807, 2.05) is 0 Å². The minimum absolute atomic E-state index is 0.0941. The first-order chi connectivity index (χ1) is 12.2. The molecule has 1 aliphatic heterocycles. The Hall–Kier alpha value is -1.39. The van der Waals surface area contributed by atoms with Crippen LogP contribution in [-0.2, 0) is 17.6 Å². The zero-order valence-electron chi connectivity index (χ0n) is 15.9. The Morgan fingerprint density at radius 1 is 1.08 bits per heavy atom. The number of nitrogens with one attached hydrogen (secondary N) is 1. The fourth-order valence-electron chi connectivity index (χ4n) is 4.01. The van der Waals surface area contributed by atoms with Crippen LogP contribution in [0.25, 0.3) is 0 Å². The van der Waals surface area contributed by atoms with Gasteiger partial charge in [0.25, 0.3) is 0 Å². The maximum Gasteiger partial charge on any atom is 0.221 e. The lowest BCUT2D eigenvalue weighted by Gasteiger charge is -2.33. The zero-order chi connectivity index (χ0) is 17.6. The molecule has 0 spiro atoms. The summed E-state index contributed by atoms with van der Waals surface area (Å²) < 4.78 is 0. The normalized spacial score (nSPS) is 20.1. The first-order valence-electron chi connectivity index (χ1n) is 10.0. The maximum absolute atomic E-state index is 12.3. The summed E-state index contributed by atoms with van der Waals surface area (Å²) in [5.74, 6) is 0.170. The topological polar surface area (TPSA) is 35.6 Å². The number of hydrogen-bond donors (Lipinski definition) is 1. The Morgan fingerprint density at radius 3 is 2.48 bits per heavy atom. The number of benzene rings is 1. The molecule has 1 atom stereocenters. The molecule has 0 bridgehead atoms. The number of carbonyl (C=O) groups is 1. The molecular weight excluding hydrogens is 310 g/mol. The van der Waals surface area contributed by atoms with Crippen LogP contribution in [0.5, 0.6) is 0 Å². The number of piperazine rings is 1. The number of likely N-dealkylation sites (N-methyl/N-ethyl adjacent to an activating group) is 1. The summed E-state index contributed by atoms with van der Waals surface area (Å²) in [4.78, 5) is 17.2. The van der Waals surface area contributed by atoms with E-state index in [0.29, 0.717) is 6.42 Å². The van der Waals surface area contributed by atoms with Crippen LogP contribution >= 0.6 is 0 Å². The third kappa shape index (κ3) is 5.05. The number of hydrogen-bond acceptors (Lipinski definition) is 3. The molecule has 0 saturated carbocycles. The summed E-state index contributed by atoms with van der Waals surface area (Å²) in [5.41, 5.74) is 4.23. The molecule has 138 valence electrons. The number of fused-ring (bicyclic) bond motifs is 1. The van der Waals surface area contributed by atoms with Crippen LogP contribution in [0.2, 0.25) is 0 Å². The van der Waals surface area contributed by atoms with Gasteiger partial charge < -0.3 is 15.1 Å². The Kier molecular flexibility index (Phi) is 6.49. The van der Waals surface area contributed by atoms with Crippen molar-refractivity contribution in [2.75, 3.05) is 39.3 Å². The van der Waals surface area contributed by atoms with Gasteiger partial charge in [0.1, 0.15) is 0 Å². The van der Waals surface area contributed by atoms with Gasteiger partial charge in [0.05, 0.1) is 6.04 Å². The monoisotopic (exact) mass is 343 g/mol. The molecule has 4 nitrogen and oxygen atoms in total. The Balaban J connectivity index is 1.44. The Labute approximate surface area is 152 Å².